The van der Waals surface area contributed by atoms with Crippen LogP contribution >= 0.6 is 15.9 Å². The predicted molar refractivity (Wildman–Crippen MR) is 98.4 cm³/mol. The van der Waals surface area contributed by atoms with Crippen molar-refractivity contribution < 1.29 is 14.3 Å². The van der Waals surface area contributed by atoms with Gasteiger partial charge in [0.1, 0.15) is 11.4 Å². The van der Waals surface area contributed by atoms with Gasteiger partial charge in [-0.1, -0.05) is 22.0 Å². The van der Waals surface area contributed by atoms with Crippen LogP contribution < -0.4 is 4.74 Å². The average Bonchev–Trinajstić information content (AvgIpc) is 2.49. The molecule has 1 aliphatic rings. The van der Waals surface area contributed by atoms with E-state index in [2.05, 4.69) is 33.8 Å². The van der Waals surface area contributed by atoms with Crippen molar-refractivity contribution >= 4 is 22.0 Å². The molecule has 0 spiro atoms. The molecule has 1 atom stereocenters. The summed E-state index contributed by atoms with van der Waals surface area (Å²) >= 11 is 3.47. The van der Waals surface area contributed by atoms with Gasteiger partial charge in [-0.05, 0) is 39.8 Å². The molecule has 0 saturated carbocycles. The van der Waals surface area contributed by atoms with Crippen molar-refractivity contribution in [2.45, 2.75) is 45.9 Å². The van der Waals surface area contributed by atoms with Crippen molar-refractivity contribution in [1.82, 2.24) is 9.80 Å². The Bertz CT molecular complexity index is 586. The van der Waals surface area contributed by atoms with Gasteiger partial charge in [0.25, 0.3) is 0 Å². The zero-order chi connectivity index (χ0) is 17.9. The van der Waals surface area contributed by atoms with Gasteiger partial charge in [0.05, 0.1) is 7.11 Å². The Balaban J connectivity index is 1.98. The predicted octanol–water partition coefficient (Wildman–Crippen LogP) is 3.90. The molecular formula is C18H27BrN2O3. The van der Waals surface area contributed by atoms with Crippen LogP contribution in [0.15, 0.2) is 22.7 Å². The van der Waals surface area contributed by atoms with Crippen LogP contribution in [0.1, 0.15) is 33.3 Å². The third kappa shape index (κ3) is 5.11. The van der Waals surface area contributed by atoms with Gasteiger partial charge in [-0.25, -0.2) is 4.79 Å². The van der Waals surface area contributed by atoms with Crippen LogP contribution in [-0.2, 0) is 11.3 Å². The Morgan fingerprint density at radius 3 is 2.62 bits per heavy atom. The topological polar surface area (TPSA) is 42.0 Å². The molecule has 1 aromatic carbocycles. The maximum Gasteiger partial charge on any atom is 0.410 e. The molecule has 0 aliphatic carbocycles. The van der Waals surface area contributed by atoms with Gasteiger partial charge in [0.2, 0.25) is 0 Å². The molecule has 1 heterocycles. The number of carbonyl (C=O) groups is 1. The van der Waals surface area contributed by atoms with Gasteiger partial charge in [-0.15, -0.1) is 0 Å². The first-order valence-electron chi connectivity index (χ1n) is 8.24. The molecule has 1 fully saturated rings. The number of nitrogens with zero attached hydrogens (tertiary/aromatic N) is 2. The third-order valence-corrected chi connectivity index (χ3v) is 4.53. The lowest BCUT2D eigenvalue weighted by Crippen LogP contribution is -2.54. The van der Waals surface area contributed by atoms with Crippen molar-refractivity contribution in [3.8, 4) is 5.75 Å². The minimum absolute atomic E-state index is 0.227. The van der Waals surface area contributed by atoms with Crippen LogP contribution in [0.5, 0.6) is 5.75 Å². The highest BCUT2D eigenvalue weighted by atomic mass is 79.9. The first-order chi connectivity index (χ1) is 11.2. The Morgan fingerprint density at radius 1 is 1.33 bits per heavy atom. The molecule has 5 nitrogen and oxygen atoms in total. The molecule has 2 rings (SSSR count). The summed E-state index contributed by atoms with van der Waals surface area (Å²) in [5, 5.41) is 0. The fourth-order valence-electron chi connectivity index (χ4n) is 2.79. The lowest BCUT2D eigenvalue weighted by Gasteiger charge is -2.40. The van der Waals surface area contributed by atoms with E-state index in [4.69, 9.17) is 9.47 Å². The van der Waals surface area contributed by atoms with Gasteiger partial charge in [-0.3, -0.25) is 4.90 Å². The molecule has 0 bridgehead atoms. The largest absolute Gasteiger partial charge is 0.496 e. The molecule has 134 valence electrons. The quantitative estimate of drug-likeness (QED) is 0.773. The average molecular weight is 399 g/mol. The fourth-order valence-corrected chi connectivity index (χ4v) is 3.13. The number of piperazine rings is 1. The highest BCUT2D eigenvalue weighted by Crippen LogP contribution is 2.26. The SMILES string of the molecule is COc1cc(Br)ccc1CN1CCN(C(=O)OC(C)(C)C)CC1C. The van der Waals surface area contributed by atoms with E-state index in [9.17, 15) is 4.79 Å². The van der Waals surface area contributed by atoms with E-state index in [0.717, 1.165) is 28.9 Å². The van der Waals surface area contributed by atoms with Crippen LogP contribution in [0, 0.1) is 0 Å². The first-order valence-corrected chi connectivity index (χ1v) is 9.03. The zero-order valence-corrected chi connectivity index (χ0v) is 16.7. The third-order valence-electron chi connectivity index (χ3n) is 4.04. The molecule has 0 radical (unpaired) electrons. The standard InChI is InChI=1S/C18H27BrN2O3/c1-13-11-21(17(22)24-18(2,3)4)9-8-20(13)12-14-6-7-15(19)10-16(14)23-5/h6-7,10,13H,8-9,11-12H2,1-5H3. The van der Waals surface area contributed by atoms with E-state index in [1.54, 1.807) is 12.0 Å². The molecule has 1 saturated heterocycles. The molecular weight excluding hydrogens is 372 g/mol. The van der Waals surface area contributed by atoms with E-state index in [1.165, 1.54) is 0 Å². The molecule has 1 aromatic rings. The van der Waals surface area contributed by atoms with Gasteiger partial charge >= 0.3 is 6.09 Å². The van der Waals surface area contributed by atoms with Crippen LogP contribution in [0.25, 0.3) is 0 Å². The van der Waals surface area contributed by atoms with Crippen molar-refractivity contribution in [2.75, 3.05) is 26.7 Å². The Labute approximate surface area is 153 Å². The van der Waals surface area contributed by atoms with E-state index in [1.807, 2.05) is 32.9 Å². The summed E-state index contributed by atoms with van der Waals surface area (Å²) in [6.07, 6.45) is -0.227. The first kappa shape index (κ1) is 19.1. The molecule has 1 aliphatic heterocycles. The fraction of sp³-hybridized carbons (Fsp3) is 0.611. The van der Waals surface area contributed by atoms with Crippen LogP contribution in [0.3, 0.4) is 0 Å². The second-order valence-corrected chi connectivity index (χ2v) is 8.12. The second kappa shape index (κ2) is 7.74. The van der Waals surface area contributed by atoms with Crippen molar-refractivity contribution in [3.05, 3.63) is 28.2 Å². The highest BCUT2D eigenvalue weighted by Gasteiger charge is 2.30. The monoisotopic (exact) mass is 398 g/mol. The van der Waals surface area contributed by atoms with Gasteiger partial charge in [0.15, 0.2) is 0 Å². The molecule has 1 unspecified atom stereocenters. The van der Waals surface area contributed by atoms with Gasteiger partial charge in [-0.2, -0.15) is 0 Å². The zero-order valence-electron chi connectivity index (χ0n) is 15.1. The van der Waals surface area contributed by atoms with Crippen LogP contribution in [0.4, 0.5) is 4.79 Å². The summed E-state index contributed by atoms with van der Waals surface area (Å²) in [6, 6.07) is 6.35. The number of halogens is 1. The summed E-state index contributed by atoms with van der Waals surface area (Å²) in [6.45, 7) is 10.8. The smallest absolute Gasteiger partial charge is 0.410 e. The Morgan fingerprint density at radius 2 is 2.04 bits per heavy atom. The van der Waals surface area contributed by atoms with E-state index in [-0.39, 0.29) is 12.1 Å². The van der Waals surface area contributed by atoms with E-state index >= 15 is 0 Å². The summed E-state index contributed by atoms with van der Waals surface area (Å²) in [5.74, 6) is 0.881. The lowest BCUT2D eigenvalue weighted by molar-refractivity contribution is 0.00451. The molecule has 6 heteroatoms. The normalized spacial score (nSPS) is 19.2. The van der Waals surface area contributed by atoms with Crippen molar-refractivity contribution in [2.24, 2.45) is 0 Å². The molecule has 1 amide bonds. The molecule has 24 heavy (non-hydrogen) atoms. The summed E-state index contributed by atoms with van der Waals surface area (Å²) in [5.41, 5.74) is 0.695. The van der Waals surface area contributed by atoms with E-state index in [0.29, 0.717) is 13.1 Å². The number of hydrogen-bond donors (Lipinski definition) is 0. The number of rotatable bonds is 3. The van der Waals surface area contributed by atoms with Crippen LogP contribution in [-0.4, -0.2) is 54.3 Å². The van der Waals surface area contributed by atoms with E-state index < -0.39 is 5.60 Å². The minimum Gasteiger partial charge on any atom is -0.496 e. The Kier molecular flexibility index (Phi) is 6.15. The maximum atomic E-state index is 12.2. The number of ether oxygens (including phenoxy) is 2. The van der Waals surface area contributed by atoms with Crippen molar-refractivity contribution in [3.63, 3.8) is 0 Å². The summed E-state index contributed by atoms with van der Waals surface area (Å²) in [4.78, 5) is 16.4. The second-order valence-electron chi connectivity index (χ2n) is 7.20. The molecule has 0 N–H and O–H groups in total. The van der Waals surface area contributed by atoms with Crippen LogP contribution in [0.2, 0.25) is 0 Å². The van der Waals surface area contributed by atoms with Gasteiger partial charge in [0, 0.05) is 42.3 Å². The maximum absolute atomic E-state index is 12.2. The number of methoxy groups -OCH3 is 1. The Hall–Kier alpha value is -1.27. The lowest BCUT2D eigenvalue weighted by atomic mass is 10.1. The van der Waals surface area contributed by atoms with Gasteiger partial charge < -0.3 is 14.4 Å². The number of amides is 1. The summed E-state index contributed by atoms with van der Waals surface area (Å²) in [7, 11) is 1.69. The summed E-state index contributed by atoms with van der Waals surface area (Å²) < 4.78 is 12.0. The highest BCUT2D eigenvalue weighted by molar-refractivity contribution is 9.10. The number of hydrogen-bond acceptors (Lipinski definition) is 4. The molecule has 0 aromatic heterocycles. The minimum atomic E-state index is -0.456. The number of benzene rings is 1. The van der Waals surface area contributed by atoms with Crippen molar-refractivity contribution in [1.29, 1.82) is 0 Å². The number of carbonyl (C=O) groups excluding carboxylic acids is 1.